The highest BCUT2D eigenvalue weighted by Gasteiger charge is 2.51. The van der Waals surface area contributed by atoms with Crippen LogP contribution in [0.4, 0.5) is 13.2 Å². The Morgan fingerprint density at radius 2 is 1.72 bits per heavy atom. The number of hydrogen-bond acceptors (Lipinski definition) is 2. The van der Waals surface area contributed by atoms with Gasteiger partial charge >= 0.3 is 6.18 Å². The highest BCUT2D eigenvalue weighted by Crippen LogP contribution is 2.38. The Morgan fingerprint density at radius 1 is 1.17 bits per heavy atom. The van der Waals surface area contributed by atoms with E-state index in [1.54, 1.807) is 12.1 Å². The molecule has 2 nitrogen and oxygen atoms in total. The molecule has 1 rings (SSSR count). The van der Waals surface area contributed by atoms with Crippen molar-refractivity contribution in [1.82, 2.24) is 5.32 Å². The molecule has 5 heteroatoms. The number of ether oxygens (including phenoxy) is 1. The van der Waals surface area contributed by atoms with Crippen molar-refractivity contribution >= 4 is 0 Å². The lowest BCUT2D eigenvalue weighted by Crippen LogP contribution is -2.49. The number of alkyl halides is 3. The van der Waals surface area contributed by atoms with Crippen molar-refractivity contribution < 1.29 is 17.9 Å². The summed E-state index contributed by atoms with van der Waals surface area (Å²) >= 11 is 0. The highest BCUT2D eigenvalue weighted by atomic mass is 19.4. The summed E-state index contributed by atoms with van der Waals surface area (Å²) in [6, 6.07) is 6.00. The van der Waals surface area contributed by atoms with E-state index >= 15 is 0 Å². The van der Waals surface area contributed by atoms with E-state index in [0.717, 1.165) is 13.3 Å². The van der Waals surface area contributed by atoms with Crippen LogP contribution in [-0.2, 0) is 5.54 Å². The first kappa shape index (κ1) is 14.8. The quantitative estimate of drug-likeness (QED) is 0.876. The molecule has 0 spiro atoms. The lowest BCUT2D eigenvalue weighted by Gasteiger charge is -2.32. The molecule has 0 heterocycles. The monoisotopic (exact) mass is 261 g/mol. The van der Waals surface area contributed by atoms with E-state index in [4.69, 9.17) is 4.74 Å². The van der Waals surface area contributed by atoms with E-state index in [-0.39, 0.29) is 5.56 Å². The van der Waals surface area contributed by atoms with Gasteiger partial charge in [-0.1, -0.05) is 19.1 Å². The predicted octanol–water partition coefficient (Wildman–Crippen LogP) is 3.47. The Kier molecular flexibility index (Phi) is 4.62. The molecule has 0 radical (unpaired) electrons. The second kappa shape index (κ2) is 5.61. The molecule has 0 saturated heterocycles. The molecule has 0 amide bonds. The first-order valence-corrected chi connectivity index (χ1v) is 5.84. The minimum absolute atomic E-state index is 0.168. The third kappa shape index (κ3) is 2.96. The average Bonchev–Trinajstić information content (AvgIpc) is 2.34. The van der Waals surface area contributed by atoms with Crippen molar-refractivity contribution in [3.8, 4) is 5.75 Å². The fraction of sp³-hybridized carbons (Fsp3) is 0.538. The molecule has 18 heavy (non-hydrogen) atoms. The van der Waals surface area contributed by atoms with Crippen molar-refractivity contribution in [1.29, 1.82) is 0 Å². The summed E-state index contributed by atoms with van der Waals surface area (Å²) in [5.74, 6) is 0.584. The third-order valence-electron chi connectivity index (χ3n) is 2.97. The third-order valence-corrected chi connectivity index (χ3v) is 2.97. The van der Waals surface area contributed by atoms with Crippen LogP contribution in [0.5, 0.6) is 5.75 Å². The van der Waals surface area contributed by atoms with Crippen LogP contribution in [0.25, 0.3) is 0 Å². The molecule has 1 N–H and O–H groups in total. The minimum atomic E-state index is -4.35. The van der Waals surface area contributed by atoms with Gasteiger partial charge in [0.15, 0.2) is 0 Å². The van der Waals surface area contributed by atoms with Crippen LogP contribution in [0.3, 0.4) is 0 Å². The summed E-state index contributed by atoms with van der Waals surface area (Å²) in [4.78, 5) is 0. The van der Waals surface area contributed by atoms with Crippen LogP contribution >= 0.6 is 0 Å². The Hall–Kier alpha value is -1.23. The zero-order chi connectivity index (χ0) is 13.8. The van der Waals surface area contributed by atoms with Crippen LogP contribution < -0.4 is 10.1 Å². The predicted molar refractivity (Wildman–Crippen MR) is 64.7 cm³/mol. The highest BCUT2D eigenvalue weighted by molar-refractivity contribution is 5.32. The van der Waals surface area contributed by atoms with Crippen molar-refractivity contribution in [3.05, 3.63) is 29.8 Å². The van der Waals surface area contributed by atoms with Gasteiger partial charge in [-0.15, -0.1) is 0 Å². The van der Waals surface area contributed by atoms with E-state index in [1.165, 1.54) is 19.2 Å². The SMILES string of the molecule is CCCOc1ccc(C(C)(NC)C(F)(F)F)cc1. The lowest BCUT2D eigenvalue weighted by molar-refractivity contribution is -0.193. The molecule has 0 fully saturated rings. The van der Waals surface area contributed by atoms with E-state index in [1.807, 2.05) is 6.92 Å². The summed E-state index contributed by atoms with van der Waals surface area (Å²) < 4.78 is 44.3. The average molecular weight is 261 g/mol. The van der Waals surface area contributed by atoms with E-state index in [2.05, 4.69) is 5.32 Å². The molecule has 0 saturated carbocycles. The minimum Gasteiger partial charge on any atom is -0.494 e. The summed E-state index contributed by atoms with van der Waals surface area (Å²) in [5.41, 5.74) is -1.88. The second-order valence-corrected chi connectivity index (χ2v) is 4.25. The summed E-state index contributed by atoms with van der Waals surface area (Å²) in [5, 5.41) is 2.33. The second-order valence-electron chi connectivity index (χ2n) is 4.25. The zero-order valence-corrected chi connectivity index (χ0v) is 10.8. The normalized spacial score (nSPS) is 15.2. The van der Waals surface area contributed by atoms with Gasteiger partial charge in [0.2, 0.25) is 0 Å². The number of halogens is 3. The molecule has 1 atom stereocenters. The first-order chi connectivity index (χ1) is 8.35. The van der Waals surface area contributed by atoms with Crippen LogP contribution in [-0.4, -0.2) is 19.8 Å². The van der Waals surface area contributed by atoms with Gasteiger partial charge in [0.25, 0.3) is 0 Å². The van der Waals surface area contributed by atoms with Gasteiger partial charge < -0.3 is 10.1 Å². The van der Waals surface area contributed by atoms with Crippen molar-refractivity contribution in [2.45, 2.75) is 32.0 Å². The fourth-order valence-electron chi connectivity index (χ4n) is 1.55. The number of rotatable bonds is 5. The van der Waals surface area contributed by atoms with Crippen molar-refractivity contribution in [2.75, 3.05) is 13.7 Å². The molecule has 102 valence electrons. The topological polar surface area (TPSA) is 21.3 Å². The Morgan fingerprint density at radius 3 is 2.11 bits per heavy atom. The van der Waals surface area contributed by atoms with Crippen LogP contribution in [0, 0.1) is 0 Å². The van der Waals surface area contributed by atoms with Gasteiger partial charge in [0, 0.05) is 0 Å². The van der Waals surface area contributed by atoms with Gasteiger partial charge in [0.1, 0.15) is 11.3 Å². The standard InChI is InChI=1S/C13H18F3NO/c1-4-9-18-11-7-5-10(6-8-11)12(2,17-3)13(14,15)16/h5-8,17H,4,9H2,1-3H3. The Balaban J connectivity index is 2.96. The smallest absolute Gasteiger partial charge is 0.410 e. The Bertz CT molecular complexity index is 375. The van der Waals surface area contributed by atoms with E-state index in [0.29, 0.717) is 12.4 Å². The molecule has 1 unspecified atom stereocenters. The molecular formula is C13H18F3NO. The number of benzene rings is 1. The van der Waals surface area contributed by atoms with Crippen LogP contribution in [0.1, 0.15) is 25.8 Å². The van der Waals surface area contributed by atoms with Crippen molar-refractivity contribution in [2.24, 2.45) is 0 Å². The van der Waals surface area contributed by atoms with Crippen LogP contribution in [0.15, 0.2) is 24.3 Å². The summed E-state index contributed by atoms with van der Waals surface area (Å²) in [6.45, 7) is 3.65. The molecule has 0 aromatic heterocycles. The number of nitrogens with one attached hydrogen (secondary N) is 1. The van der Waals surface area contributed by atoms with Crippen LogP contribution in [0.2, 0.25) is 0 Å². The summed E-state index contributed by atoms with van der Waals surface area (Å²) in [7, 11) is 1.30. The molecular weight excluding hydrogens is 243 g/mol. The number of hydrogen-bond donors (Lipinski definition) is 1. The Labute approximate surface area is 105 Å². The van der Waals surface area contributed by atoms with E-state index < -0.39 is 11.7 Å². The summed E-state index contributed by atoms with van der Waals surface area (Å²) in [6.07, 6.45) is -3.49. The molecule has 0 aliphatic carbocycles. The van der Waals surface area contributed by atoms with Gasteiger partial charge in [-0.3, -0.25) is 0 Å². The molecule has 0 aliphatic heterocycles. The molecule has 0 bridgehead atoms. The lowest BCUT2D eigenvalue weighted by atomic mass is 9.91. The van der Waals surface area contributed by atoms with Gasteiger partial charge in [-0.2, -0.15) is 13.2 Å². The fourth-order valence-corrected chi connectivity index (χ4v) is 1.55. The van der Waals surface area contributed by atoms with Crippen molar-refractivity contribution in [3.63, 3.8) is 0 Å². The van der Waals surface area contributed by atoms with Gasteiger partial charge in [0.05, 0.1) is 6.61 Å². The maximum absolute atomic E-state index is 13.0. The first-order valence-electron chi connectivity index (χ1n) is 5.84. The zero-order valence-electron chi connectivity index (χ0n) is 10.8. The molecule has 1 aromatic rings. The molecule has 0 aliphatic rings. The van der Waals surface area contributed by atoms with Gasteiger partial charge in [-0.05, 0) is 38.1 Å². The molecule has 1 aromatic carbocycles. The van der Waals surface area contributed by atoms with E-state index in [9.17, 15) is 13.2 Å². The maximum Gasteiger partial charge on any atom is 0.410 e. The largest absolute Gasteiger partial charge is 0.494 e. The van der Waals surface area contributed by atoms with Gasteiger partial charge in [-0.25, -0.2) is 0 Å². The maximum atomic E-state index is 13.0.